The van der Waals surface area contributed by atoms with Crippen LogP contribution in [0.1, 0.15) is 16.7 Å². The Morgan fingerprint density at radius 3 is 2.51 bits per heavy atom. The third-order valence-corrected chi connectivity index (χ3v) is 6.55. The number of nitrogens with zero attached hydrogens (tertiary/aromatic N) is 3. The van der Waals surface area contributed by atoms with Gasteiger partial charge in [-0.3, -0.25) is 4.79 Å². The molecule has 1 aliphatic heterocycles. The molecule has 1 aromatic heterocycles. The summed E-state index contributed by atoms with van der Waals surface area (Å²) in [5, 5.41) is 8.29. The van der Waals surface area contributed by atoms with E-state index < -0.39 is 0 Å². The minimum absolute atomic E-state index is 0.174. The third kappa shape index (κ3) is 4.90. The van der Waals surface area contributed by atoms with Gasteiger partial charge in [0, 0.05) is 17.3 Å². The van der Waals surface area contributed by atoms with Gasteiger partial charge in [0.2, 0.25) is 0 Å². The third-order valence-electron chi connectivity index (χ3n) is 5.64. The van der Waals surface area contributed by atoms with Crippen LogP contribution in [0.4, 0.5) is 5.69 Å². The van der Waals surface area contributed by atoms with Crippen LogP contribution in [0.3, 0.4) is 0 Å². The minimum atomic E-state index is -0.174. The van der Waals surface area contributed by atoms with Crippen molar-refractivity contribution in [2.75, 3.05) is 7.11 Å². The molecule has 1 N–H and O–H groups in total. The topological polar surface area (TPSA) is 68.5 Å². The number of para-hydroxylation sites is 1. The first-order valence-electron chi connectivity index (χ1n) is 11.2. The van der Waals surface area contributed by atoms with Crippen molar-refractivity contribution in [3.63, 3.8) is 0 Å². The van der Waals surface area contributed by atoms with Crippen molar-refractivity contribution in [2.24, 2.45) is 4.99 Å². The lowest BCUT2D eigenvalue weighted by Crippen LogP contribution is -2.19. The zero-order valence-electron chi connectivity index (χ0n) is 19.6. The van der Waals surface area contributed by atoms with Gasteiger partial charge in [-0.05, 0) is 79.7 Å². The lowest BCUT2D eigenvalue weighted by Gasteiger charge is -2.03. The molecule has 1 aliphatic rings. The van der Waals surface area contributed by atoms with Gasteiger partial charge in [0.05, 0.1) is 29.1 Å². The molecule has 0 spiro atoms. The van der Waals surface area contributed by atoms with E-state index in [4.69, 9.17) is 9.84 Å². The number of ether oxygens (including phenoxy) is 1. The van der Waals surface area contributed by atoms with Crippen molar-refractivity contribution in [3.05, 3.63) is 101 Å². The van der Waals surface area contributed by atoms with E-state index in [1.54, 1.807) is 7.11 Å². The van der Waals surface area contributed by atoms with Crippen LogP contribution in [0.2, 0.25) is 0 Å². The molecule has 0 unspecified atom stereocenters. The Labute approximate surface area is 208 Å². The van der Waals surface area contributed by atoms with Gasteiger partial charge in [-0.25, -0.2) is 9.67 Å². The van der Waals surface area contributed by atoms with Gasteiger partial charge in [-0.2, -0.15) is 5.10 Å². The van der Waals surface area contributed by atoms with Crippen molar-refractivity contribution in [3.8, 4) is 22.7 Å². The lowest BCUT2D eigenvalue weighted by atomic mass is 10.1. The molecule has 0 bridgehead atoms. The van der Waals surface area contributed by atoms with E-state index >= 15 is 0 Å². The molecule has 7 heteroatoms. The van der Waals surface area contributed by atoms with E-state index in [0.717, 1.165) is 39.5 Å². The summed E-state index contributed by atoms with van der Waals surface area (Å²) < 4.78 is 7.13. The van der Waals surface area contributed by atoms with Crippen molar-refractivity contribution >= 4 is 34.6 Å². The molecule has 174 valence electrons. The number of carbonyl (C=O) groups is 1. The maximum absolute atomic E-state index is 12.8. The maximum Gasteiger partial charge on any atom is 0.264 e. The van der Waals surface area contributed by atoms with Crippen LogP contribution < -0.4 is 10.1 Å². The molecular weight excluding hydrogens is 456 g/mol. The molecule has 35 heavy (non-hydrogen) atoms. The Balaban J connectivity index is 1.52. The highest BCUT2D eigenvalue weighted by atomic mass is 32.2. The van der Waals surface area contributed by atoms with Crippen molar-refractivity contribution < 1.29 is 9.53 Å². The van der Waals surface area contributed by atoms with E-state index in [-0.39, 0.29) is 5.91 Å². The number of hydrogen-bond acceptors (Lipinski definition) is 5. The second-order valence-corrected chi connectivity index (χ2v) is 9.24. The fourth-order valence-electron chi connectivity index (χ4n) is 3.84. The van der Waals surface area contributed by atoms with Crippen LogP contribution in [0.5, 0.6) is 5.75 Å². The molecular formula is C28H24N4O2S. The second kappa shape index (κ2) is 9.64. The standard InChI is InChI=1S/C28H24N4O2S/c1-18-9-14-24(19(2)15-18)29-28-30-27(33)25(35-28)16-21-17-32(22-7-5-4-6-8-22)31-26(21)20-10-12-23(34-3)13-11-20/h4-17H,1-3H3,(H,29,30,33). The summed E-state index contributed by atoms with van der Waals surface area (Å²) >= 11 is 1.33. The molecule has 1 amide bonds. The summed E-state index contributed by atoms with van der Waals surface area (Å²) in [6.45, 7) is 4.07. The summed E-state index contributed by atoms with van der Waals surface area (Å²) in [7, 11) is 1.64. The van der Waals surface area contributed by atoms with Gasteiger partial charge in [-0.15, -0.1) is 0 Å². The monoisotopic (exact) mass is 480 g/mol. The van der Waals surface area contributed by atoms with E-state index in [1.807, 2.05) is 97.5 Å². The van der Waals surface area contributed by atoms with Crippen LogP contribution in [-0.4, -0.2) is 28.0 Å². The molecule has 0 atom stereocenters. The number of aromatic nitrogens is 2. The number of aliphatic imine (C=N–C) groups is 1. The van der Waals surface area contributed by atoms with E-state index in [1.165, 1.54) is 17.3 Å². The highest BCUT2D eigenvalue weighted by Crippen LogP contribution is 2.33. The Morgan fingerprint density at radius 2 is 1.80 bits per heavy atom. The van der Waals surface area contributed by atoms with Gasteiger partial charge < -0.3 is 10.1 Å². The van der Waals surface area contributed by atoms with Gasteiger partial charge >= 0.3 is 0 Å². The molecule has 5 rings (SSSR count). The first-order valence-corrected chi connectivity index (χ1v) is 12.0. The number of amidine groups is 1. The van der Waals surface area contributed by atoms with Gasteiger partial charge in [0.25, 0.3) is 5.91 Å². The van der Waals surface area contributed by atoms with Crippen molar-refractivity contribution in [2.45, 2.75) is 13.8 Å². The molecule has 0 saturated carbocycles. The van der Waals surface area contributed by atoms with Gasteiger partial charge in [-0.1, -0.05) is 35.9 Å². The largest absolute Gasteiger partial charge is 0.497 e. The number of carbonyl (C=O) groups excluding carboxylic acids is 1. The number of benzene rings is 3. The second-order valence-electron chi connectivity index (χ2n) is 8.21. The van der Waals surface area contributed by atoms with Crippen LogP contribution >= 0.6 is 11.8 Å². The maximum atomic E-state index is 12.8. The lowest BCUT2D eigenvalue weighted by molar-refractivity contribution is -0.115. The van der Waals surface area contributed by atoms with Crippen LogP contribution in [0, 0.1) is 13.8 Å². The fraction of sp³-hybridized carbons (Fsp3) is 0.107. The summed E-state index contributed by atoms with van der Waals surface area (Å²) in [5.41, 5.74) is 6.57. The zero-order chi connectivity index (χ0) is 24.4. The molecule has 2 heterocycles. The zero-order valence-corrected chi connectivity index (χ0v) is 20.5. The Kier molecular flexibility index (Phi) is 6.25. The predicted octanol–water partition coefficient (Wildman–Crippen LogP) is 6.06. The SMILES string of the molecule is COc1ccc(-c2nn(-c3ccccc3)cc2C=C2SC(=Nc3ccc(C)cc3C)NC2=O)cc1. The van der Waals surface area contributed by atoms with Crippen molar-refractivity contribution in [1.82, 2.24) is 15.1 Å². The first kappa shape index (κ1) is 22.7. The highest BCUT2D eigenvalue weighted by Gasteiger charge is 2.25. The van der Waals surface area contributed by atoms with Crippen LogP contribution in [-0.2, 0) is 4.79 Å². The fourth-order valence-corrected chi connectivity index (χ4v) is 4.67. The van der Waals surface area contributed by atoms with Gasteiger partial charge in [0.15, 0.2) is 5.17 Å². The summed E-state index contributed by atoms with van der Waals surface area (Å²) in [5.74, 6) is 0.598. The van der Waals surface area contributed by atoms with E-state index in [2.05, 4.69) is 16.4 Å². The summed E-state index contributed by atoms with van der Waals surface area (Å²) in [6, 6.07) is 23.7. The Morgan fingerprint density at radius 1 is 1.03 bits per heavy atom. The average molecular weight is 481 g/mol. The summed E-state index contributed by atoms with van der Waals surface area (Å²) in [4.78, 5) is 18.0. The van der Waals surface area contributed by atoms with E-state index in [0.29, 0.717) is 10.1 Å². The average Bonchev–Trinajstić information content (AvgIpc) is 3.45. The molecule has 1 saturated heterocycles. The molecule has 0 aliphatic carbocycles. The number of rotatable bonds is 5. The molecule has 4 aromatic rings. The number of thioether (sulfide) groups is 1. The molecule has 6 nitrogen and oxygen atoms in total. The number of methoxy groups -OCH3 is 1. The quantitative estimate of drug-likeness (QED) is 0.353. The van der Waals surface area contributed by atoms with Gasteiger partial charge in [0.1, 0.15) is 5.75 Å². The Bertz CT molecular complexity index is 1450. The Hall–Kier alpha value is -4.10. The van der Waals surface area contributed by atoms with Crippen molar-refractivity contribution in [1.29, 1.82) is 0 Å². The van der Waals surface area contributed by atoms with Crippen LogP contribution in [0.15, 0.2) is 88.9 Å². The number of aryl methyl sites for hydroxylation is 2. The smallest absolute Gasteiger partial charge is 0.264 e. The number of hydrogen-bond donors (Lipinski definition) is 1. The predicted molar refractivity (Wildman–Crippen MR) is 142 cm³/mol. The first-order chi connectivity index (χ1) is 17.0. The molecule has 3 aromatic carbocycles. The molecule has 1 fully saturated rings. The van der Waals surface area contributed by atoms with Crippen LogP contribution in [0.25, 0.3) is 23.0 Å². The number of amides is 1. The molecule has 0 radical (unpaired) electrons. The minimum Gasteiger partial charge on any atom is -0.497 e. The number of nitrogens with one attached hydrogen (secondary N) is 1. The summed E-state index contributed by atoms with van der Waals surface area (Å²) in [6.07, 6.45) is 3.81. The van der Waals surface area contributed by atoms with E-state index in [9.17, 15) is 4.79 Å². The highest BCUT2D eigenvalue weighted by molar-refractivity contribution is 8.18. The normalized spacial score (nSPS) is 15.6.